The summed E-state index contributed by atoms with van der Waals surface area (Å²) in [6.07, 6.45) is 0. The molecule has 1 radical (unpaired) electrons. The number of hydrogen-bond acceptors (Lipinski definition) is 1. The average Bonchev–Trinajstić information content (AvgIpc) is 0. The molecule has 0 unspecified atom stereocenters. The monoisotopic (exact) mass is 74.1 g/mol. The zero-order chi connectivity index (χ0) is 0. The minimum Gasteiger partial charge on any atom is -0.412 e. The fourth-order valence-electron chi connectivity index (χ4n) is 0. The van der Waals surface area contributed by atoms with Crippen molar-refractivity contribution in [1.82, 2.24) is 6.15 Å². The molecule has 0 aromatic heterocycles. The van der Waals surface area contributed by atoms with Gasteiger partial charge in [-0.05, 0) is 0 Å². The molecule has 0 aromatic rings. The smallest absolute Gasteiger partial charge is 0 e. The van der Waals surface area contributed by atoms with Gasteiger partial charge in [-0.15, -0.1) is 0 Å². The van der Waals surface area contributed by atoms with E-state index in [9.17, 15) is 0 Å². The third-order valence-electron chi connectivity index (χ3n) is 0. The molecule has 0 fully saturated rings. The van der Waals surface area contributed by atoms with Crippen LogP contribution in [0.15, 0.2) is 0 Å². The first kappa shape index (κ1) is 89.3. The Kier molecular flexibility index (Phi) is 882. The Balaban J connectivity index is 0. The molecular formula is CH9NNaO. The maximum atomic E-state index is 0. The molecule has 0 atom stereocenters. The second-order valence-corrected chi connectivity index (χ2v) is 0. The first-order chi connectivity index (χ1) is 0. The predicted octanol–water partition coefficient (Wildman–Crippen LogP) is -0.407. The van der Waals surface area contributed by atoms with Gasteiger partial charge in [-0.25, -0.2) is 0 Å². The predicted molar refractivity (Wildman–Crippen MR) is 21.1 cm³/mol. The molecule has 0 saturated carbocycles. The Morgan fingerprint density at radius 3 is 1.00 bits per heavy atom. The van der Waals surface area contributed by atoms with E-state index in [4.69, 9.17) is 0 Å². The maximum absolute atomic E-state index is 0. The first-order valence-electron chi connectivity index (χ1n) is 0. The standard InChI is InChI=1S/CH4.H3N.Na.H2O/h1H4;1H3;;1H2. The molecule has 0 spiro atoms. The summed E-state index contributed by atoms with van der Waals surface area (Å²) >= 11 is 0. The Morgan fingerprint density at radius 2 is 1.00 bits per heavy atom. The SMILES string of the molecule is C.N.O.[Na]. The van der Waals surface area contributed by atoms with Gasteiger partial charge >= 0.3 is 0 Å². The topological polar surface area (TPSA) is 66.5 Å². The van der Waals surface area contributed by atoms with Gasteiger partial charge < -0.3 is 11.6 Å². The van der Waals surface area contributed by atoms with Gasteiger partial charge in [0.05, 0.1) is 0 Å². The summed E-state index contributed by atoms with van der Waals surface area (Å²) in [5.41, 5.74) is 0. The molecule has 4 heavy (non-hydrogen) atoms. The van der Waals surface area contributed by atoms with Gasteiger partial charge in [0.25, 0.3) is 0 Å². The van der Waals surface area contributed by atoms with Crippen LogP contribution in [0, 0.1) is 0 Å². The van der Waals surface area contributed by atoms with Gasteiger partial charge in [0.15, 0.2) is 0 Å². The molecule has 0 aliphatic carbocycles. The average molecular weight is 74.1 g/mol. The molecular weight excluding hydrogens is 65.0 g/mol. The van der Waals surface area contributed by atoms with E-state index in [-0.39, 0.29) is 48.6 Å². The molecule has 3 heteroatoms. The Labute approximate surface area is 48.8 Å². The largest absolute Gasteiger partial charge is 0.412 e. The fraction of sp³-hybridized carbons (Fsp3) is 1.00. The van der Waals surface area contributed by atoms with Crippen molar-refractivity contribution in [2.45, 2.75) is 7.43 Å². The van der Waals surface area contributed by atoms with Gasteiger partial charge in [-0.3, -0.25) is 0 Å². The summed E-state index contributed by atoms with van der Waals surface area (Å²) in [7, 11) is 0. The van der Waals surface area contributed by atoms with Gasteiger partial charge in [-0.2, -0.15) is 0 Å². The zero-order valence-electron chi connectivity index (χ0n) is 2.21. The molecule has 0 rings (SSSR count). The summed E-state index contributed by atoms with van der Waals surface area (Å²) in [6, 6.07) is 0. The van der Waals surface area contributed by atoms with Crippen LogP contribution in [0.2, 0.25) is 0 Å². The van der Waals surface area contributed by atoms with Crippen LogP contribution in [-0.2, 0) is 0 Å². The molecule has 0 aromatic carbocycles. The van der Waals surface area contributed by atoms with Crippen LogP contribution in [0.3, 0.4) is 0 Å². The summed E-state index contributed by atoms with van der Waals surface area (Å²) in [5, 5.41) is 0. The minimum atomic E-state index is 0. The second-order valence-electron chi connectivity index (χ2n) is 0. The van der Waals surface area contributed by atoms with E-state index >= 15 is 0 Å². The van der Waals surface area contributed by atoms with Crippen molar-refractivity contribution in [2.24, 2.45) is 0 Å². The van der Waals surface area contributed by atoms with Crippen molar-refractivity contribution in [3.8, 4) is 0 Å². The van der Waals surface area contributed by atoms with Gasteiger partial charge in [0.2, 0.25) is 0 Å². The van der Waals surface area contributed by atoms with E-state index in [0.717, 1.165) is 0 Å². The maximum Gasteiger partial charge on any atom is 0 e. The Bertz CT molecular complexity index is 8.00. The Hall–Kier alpha value is 0.920. The Morgan fingerprint density at radius 1 is 1.00 bits per heavy atom. The van der Waals surface area contributed by atoms with Crippen molar-refractivity contribution in [3.05, 3.63) is 0 Å². The van der Waals surface area contributed by atoms with Crippen molar-refractivity contribution in [3.63, 3.8) is 0 Å². The molecule has 0 bridgehead atoms. The summed E-state index contributed by atoms with van der Waals surface area (Å²) in [5.74, 6) is 0. The van der Waals surface area contributed by atoms with Crippen LogP contribution in [0.25, 0.3) is 0 Å². The van der Waals surface area contributed by atoms with E-state index in [2.05, 4.69) is 0 Å². The fourth-order valence-corrected chi connectivity index (χ4v) is 0. The summed E-state index contributed by atoms with van der Waals surface area (Å²) < 4.78 is 0. The van der Waals surface area contributed by atoms with E-state index < -0.39 is 0 Å². The molecule has 5 N–H and O–H groups in total. The molecule has 0 heterocycles. The second kappa shape index (κ2) is 39.5. The van der Waals surface area contributed by atoms with Crippen molar-refractivity contribution < 1.29 is 5.48 Å². The van der Waals surface area contributed by atoms with Crippen LogP contribution in [0.4, 0.5) is 0 Å². The van der Waals surface area contributed by atoms with Gasteiger partial charge in [-0.1, -0.05) is 7.43 Å². The summed E-state index contributed by atoms with van der Waals surface area (Å²) in [4.78, 5) is 0. The number of rotatable bonds is 0. The quantitative estimate of drug-likeness (QED) is 0.390. The van der Waals surface area contributed by atoms with Gasteiger partial charge in [0.1, 0.15) is 0 Å². The minimum absolute atomic E-state index is 0. The normalized spacial score (nSPS) is 0. The van der Waals surface area contributed by atoms with Gasteiger partial charge in [0, 0.05) is 29.6 Å². The molecule has 0 amide bonds. The number of hydrogen-bond donors (Lipinski definition) is 1. The molecule has 25 valence electrons. The van der Waals surface area contributed by atoms with Crippen LogP contribution in [-0.4, -0.2) is 35.0 Å². The first-order valence-corrected chi connectivity index (χ1v) is 0. The van der Waals surface area contributed by atoms with Crippen molar-refractivity contribution in [2.75, 3.05) is 0 Å². The van der Waals surface area contributed by atoms with Crippen LogP contribution in [0.5, 0.6) is 0 Å². The van der Waals surface area contributed by atoms with Crippen LogP contribution >= 0.6 is 0 Å². The van der Waals surface area contributed by atoms with Crippen molar-refractivity contribution in [1.29, 1.82) is 0 Å². The molecule has 2 nitrogen and oxygen atoms in total. The van der Waals surface area contributed by atoms with E-state index in [1.54, 1.807) is 0 Å². The molecule has 0 saturated heterocycles. The van der Waals surface area contributed by atoms with E-state index in [1.165, 1.54) is 0 Å². The van der Waals surface area contributed by atoms with Crippen LogP contribution < -0.4 is 6.15 Å². The van der Waals surface area contributed by atoms with Crippen LogP contribution in [0.1, 0.15) is 7.43 Å². The van der Waals surface area contributed by atoms with Crippen molar-refractivity contribution >= 4 is 29.6 Å². The zero-order valence-corrected chi connectivity index (χ0v) is 4.21. The molecule has 0 aliphatic rings. The summed E-state index contributed by atoms with van der Waals surface area (Å²) in [6.45, 7) is 0. The molecule has 0 aliphatic heterocycles. The van der Waals surface area contributed by atoms with E-state index in [0.29, 0.717) is 0 Å². The third kappa shape index (κ3) is 12.7. The van der Waals surface area contributed by atoms with E-state index in [1.807, 2.05) is 0 Å². The third-order valence-corrected chi connectivity index (χ3v) is 0.